The van der Waals surface area contributed by atoms with Crippen LogP contribution < -0.4 is 10.1 Å². The van der Waals surface area contributed by atoms with Crippen LogP contribution >= 0.6 is 0 Å². The van der Waals surface area contributed by atoms with Gasteiger partial charge in [0, 0.05) is 6.04 Å². The molecular weight excluding hydrogens is 258 g/mol. The Hall–Kier alpha value is -1.02. The number of rotatable bonds is 7. The fraction of sp³-hybridized carbons (Fsp3) is 0.684. The van der Waals surface area contributed by atoms with E-state index in [1.165, 1.54) is 36.8 Å². The summed E-state index contributed by atoms with van der Waals surface area (Å²) in [6.45, 7) is 7.91. The van der Waals surface area contributed by atoms with Crippen LogP contribution in [0.5, 0.6) is 5.75 Å². The van der Waals surface area contributed by atoms with Gasteiger partial charge in [0.1, 0.15) is 5.75 Å². The summed E-state index contributed by atoms with van der Waals surface area (Å²) in [5, 5.41) is 3.80. The van der Waals surface area contributed by atoms with Gasteiger partial charge in [-0.05, 0) is 62.6 Å². The minimum Gasteiger partial charge on any atom is -0.496 e. The first kappa shape index (κ1) is 16.4. The minimum absolute atomic E-state index is 0.589. The average molecular weight is 289 g/mol. The number of ether oxygens (including phenoxy) is 1. The summed E-state index contributed by atoms with van der Waals surface area (Å²) in [5.74, 6) is 2.74. The van der Waals surface area contributed by atoms with Crippen molar-refractivity contribution >= 4 is 0 Å². The maximum Gasteiger partial charge on any atom is 0.122 e. The van der Waals surface area contributed by atoms with Crippen LogP contribution in [0.15, 0.2) is 18.2 Å². The number of nitrogens with one attached hydrogen (secondary N) is 1. The molecule has 21 heavy (non-hydrogen) atoms. The second-order valence-electron chi connectivity index (χ2n) is 6.76. The molecule has 0 amide bonds. The van der Waals surface area contributed by atoms with E-state index in [0.29, 0.717) is 6.04 Å². The maximum atomic E-state index is 5.56. The Kier molecular flexibility index (Phi) is 6.10. The zero-order valence-electron chi connectivity index (χ0n) is 14.1. The smallest absolute Gasteiger partial charge is 0.122 e. The minimum atomic E-state index is 0.589. The van der Waals surface area contributed by atoms with E-state index in [4.69, 9.17) is 4.74 Å². The van der Waals surface area contributed by atoms with Crippen molar-refractivity contribution in [2.24, 2.45) is 11.8 Å². The zero-order valence-corrected chi connectivity index (χ0v) is 14.1. The zero-order chi connectivity index (χ0) is 15.2. The van der Waals surface area contributed by atoms with Crippen molar-refractivity contribution in [3.8, 4) is 5.75 Å². The summed E-state index contributed by atoms with van der Waals surface area (Å²) >= 11 is 0. The van der Waals surface area contributed by atoms with Crippen LogP contribution in [-0.2, 0) is 6.42 Å². The van der Waals surface area contributed by atoms with Crippen LogP contribution in [0.25, 0.3) is 0 Å². The number of benzene rings is 1. The van der Waals surface area contributed by atoms with Crippen molar-refractivity contribution in [1.82, 2.24) is 5.32 Å². The molecule has 2 heteroatoms. The average Bonchev–Trinajstić information content (AvgIpc) is 2.90. The van der Waals surface area contributed by atoms with Crippen LogP contribution in [0.2, 0.25) is 0 Å². The van der Waals surface area contributed by atoms with Crippen LogP contribution in [0.4, 0.5) is 0 Å². The third kappa shape index (κ3) is 4.47. The first-order valence-corrected chi connectivity index (χ1v) is 8.51. The second-order valence-corrected chi connectivity index (χ2v) is 6.76. The number of hydrogen-bond acceptors (Lipinski definition) is 2. The molecule has 3 unspecified atom stereocenters. The lowest BCUT2D eigenvalue weighted by Gasteiger charge is -2.26. The van der Waals surface area contributed by atoms with Gasteiger partial charge in [-0.1, -0.05) is 38.0 Å². The topological polar surface area (TPSA) is 21.3 Å². The molecule has 0 bridgehead atoms. The van der Waals surface area contributed by atoms with E-state index < -0.39 is 0 Å². The fourth-order valence-electron chi connectivity index (χ4n) is 3.66. The van der Waals surface area contributed by atoms with E-state index in [0.717, 1.165) is 30.6 Å². The summed E-state index contributed by atoms with van der Waals surface area (Å²) in [6.07, 6.45) is 6.41. The summed E-state index contributed by atoms with van der Waals surface area (Å²) in [7, 11) is 1.78. The van der Waals surface area contributed by atoms with Gasteiger partial charge in [0.2, 0.25) is 0 Å². The Morgan fingerprint density at radius 3 is 2.76 bits per heavy atom. The van der Waals surface area contributed by atoms with Crippen LogP contribution in [0.1, 0.15) is 50.7 Å². The molecule has 1 aliphatic rings. The fourth-order valence-corrected chi connectivity index (χ4v) is 3.66. The standard InChI is InChI=1S/C19H31NO/c1-5-10-20-18(16-8-6-14(2)11-16)13-17-12-15(3)7-9-19(17)21-4/h7,9,12,14,16,18,20H,5-6,8,10-11,13H2,1-4H3. The van der Waals surface area contributed by atoms with Gasteiger partial charge in [-0.3, -0.25) is 0 Å². The summed E-state index contributed by atoms with van der Waals surface area (Å²) in [6, 6.07) is 7.12. The first-order chi connectivity index (χ1) is 10.1. The Labute approximate surface area is 130 Å². The number of aryl methyl sites for hydroxylation is 1. The van der Waals surface area contributed by atoms with Crippen LogP contribution in [0, 0.1) is 18.8 Å². The van der Waals surface area contributed by atoms with Crippen molar-refractivity contribution in [1.29, 1.82) is 0 Å². The molecule has 0 aromatic heterocycles. The number of hydrogen-bond donors (Lipinski definition) is 1. The summed E-state index contributed by atoms with van der Waals surface area (Å²) in [5.41, 5.74) is 2.67. The van der Waals surface area contributed by atoms with Crippen LogP contribution in [0.3, 0.4) is 0 Å². The van der Waals surface area contributed by atoms with Gasteiger partial charge < -0.3 is 10.1 Å². The largest absolute Gasteiger partial charge is 0.496 e. The van der Waals surface area contributed by atoms with E-state index in [9.17, 15) is 0 Å². The highest BCUT2D eigenvalue weighted by Gasteiger charge is 2.29. The van der Waals surface area contributed by atoms with E-state index >= 15 is 0 Å². The summed E-state index contributed by atoms with van der Waals surface area (Å²) < 4.78 is 5.56. The molecule has 2 nitrogen and oxygen atoms in total. The molecule has 118 valence electrons. The molecule has 2 rings (SSSR count). The van der Waals surface area contributed by atoms with Crippen molar-refractivity contribution in [2.75, 3.05) is 13.7 Å². The van der Waals surface area contributed by atoms with E-state index in [1.54, 1.807) is 7.11 Å². The predicted molar refractivity (Wildman–Crippen MR) is 90.0 cm³/mol. The molecule has 1 N–H and O–H groups in total. The van der Waals surface area contributed by atoms with Gasteiger partial charge >= 0.3 is 0 Å². The van der Waals surface area contributed by atoms with Crippen molar-refractivity contribution in [2.45, 2.75) is 58.9 Å². The monoisotopic (exact) mass is 289 g/mol. The normalized spacial score (nSPS) is 23.2. The Balaban J connectivity index is 2.12. The highest BCUT2D eigenvalue weighted by molar-refractivity contribution is 5.37. The lowest BCUT2D eigenvalue weighted by Crippen LogP contribution is -2.37. The molecule has 0 spiro atoms. The van der Waals surface area contributed by atoms with Gasteiger partial charge in [0.25, 0.3) is 0 Å². The molecule has 1 aromatic rings. The van der Waals surface area contributed by atoms with E-state index in [-0.39, 0.29) is 0 Å². The Bertz CT molecular complexity index is 443. The molecule has 0 saturated heterocycles. The molecule has 3 atom stereocenters. The molecular formula is C19H31NO. The van der Waals surface area contributed by atoms with Gasteiger partial charge in [-0.25, -0.2) is 0 Å². The van der Waals surface area contributed by atoms with Gasteiger partial charge in [0.05, 0.1) is 7.11 Å². The van der Waals surface area contributed by atoms with Crippen LogP contribution in [-0.4, -0.2) is 19.7 Å². The quantitative estimate of drug-likeness (QED) is 0.805. The predicted octanol–water partition coefficient (Wildman–Crippen LogP) is 4.35. The molecule has 0 radical (unpaired) electrons. The van der Waals surface area contributed by atoms with Crippen molar-refractivity contribution in [3.05, 3.63) is 29.3 Å². The highest BCUT2D eigenvalue weighted by Crippen LogP contribution is 2.34. The van der Waals surface area contributed by atoms with Gasteiger partial charge in [-0.2, -0.15) is 0 Å². The van der Waals surface area contributed by atoms with Crippen molar-refractivity contribution in [3.63, 3.8) is 0 Å². The molecule has 1 fully saturated rings. The highest BCUT2D eigenvalue weighted by atomic mass is 16.5. The molecule has 1 saturated carbocycles. The maximum absolute atomic E-state index is 5.56. The summed E-state index contributed by atoms with van der Waals surface area (Å²) in [4.78, 5) is 0. The van der Waals surface area contributed by atoms with Gasteiger partial charge in [-0.15, -0.1) is 0 Å². The first-order valence-electron chi connectivity index (χ1n) is 8.51. The van der Waals surface area contributed by atoms with E-state index in [2.05, 4.69) is 44.3 Å². The third-order valence-electron chi connectivity index (χ3n) is 4.84. The molecule has 0 aliphatic heterocycles. The molecule has 1 aromatic carbocycles. The van der Waals surface area contributed by atoms with E-state index in [1.807, 2.05) is 0 Å². The SMILES string of the molecule is CCCNC(Cc1cc(C)ccc1OC)C1CCC(C)C1. The lowest BCUT2D eigenvalue weighted by molar-refractivity contribution is 0.342. The Morgan fingerprint density at radius 2 is 2.14 bits per heavy atom. The Morgan fingerprint density at radius 1 is 1.33 bits per heavy atom. The molecule has 1 aliphatic carbocycles. The lowest BCUT2D eigenvalue weighted by atomic mass is 9.90. The molecule has 0 heterocycles. The van der Waals surface area contributed by atoms with Gasteiger partial charge in [0.15, 0.2) is 0 Å². The third-order valence-corrected chi connectivity index (χ3v) is 4.84. The number of methoxy groups -OCH3 is 1. The van der Waals surface area contributed by atoms with Crippen molar-refractivity contribution < 1.29 is 4.74 Å². The second kappa shape index (κ2) is 7.84.